The van der Waals surface area contributed by atoms with Crippen LogP contribution in [0.4, 0.5) is 17.1 Å². The summed E-state index contributed by atoms with van der Waals surface area (Å²) in [5.74, 6) is 6.75. The van der Waals surface area contributed by atoms with Crippen molar-refractivity contribution in [3.05, 3.63) is 48.2 Å². The van der Waals surface area contributed by atoms with E-state index in [2.05, 4.69) is 39.4 Å². The second-order valence-corrected chi connectivity index (χ2v) is 8.72. The Morgan fingerprint density at radius 1 is 1.29 bits per heavy atom. The number of hydrazine groups is 1. The first-order valence-corrected chi connectivity index (χ1v) is 11.1. The van der Waals surface area contributed by atoms with Crippen molar-refractivity contribution >= 4 is 39.5 Å². The van der Waals surface area contributed by atoms with Crippen LogP contribution in [0.25, 0.3) is 16.6 Å². The molecule has 1 fully saturated rings. The molecule has 1 aliphatic rings. The second-order valence-electron chi connectivity index (χ2n) is 8.72. The lowest BCUT2D eigenvalue weighted by molar-refractivity contribution is 0.315. The zero-order chi connectivity index (χ0) is 24.4. The molecule has 1 aromatic heterocycles. The lowest BCUT2D eigenvalue weighted by Crippen LogP contribution is -2.31. The van der Waals surface area contributed by atoms with Gasteiger partial charge in [0, 0.05) is 49.4 Å². The lowest BCUT2D eigenvalue weighted by Gasteiger charge is -2.24. The topological polar surface area (TPSA) is 136 Å². The molecule has 0 spiro atoms. The van der Waals surface area contributed by atoms with E-state index in [1.807, 2.05) is 36.0 Å². The number of aryl methyl sites for hydroxylation is 1. The van der Waals surface area contributed by atoms with Gasteiger partial charge in [0.05, 0.1) is 30.2 Å². The molecule has 0 aliphatic carbocycles. The molecule has 1 unspecified atom stereocenters. The van der Waals surface area contributed by atoms with Gasteiger partial charge < -0.3 is 31.4 Å². The number of methoxy groups -OCH3 is 1. The first-order valence-electron chi connectivity index (χ1n) is 11.1. The molecule has 4 rings (SSSR count). The molecular weight excluding hydrogens is 430 g/mol. The van der Waals surface area contributed by atoms with E-state index in [1.54, 1.807) is 25.4 Å². The number of ether oxygens (including phenoxy) is 1. The van der Waals surface area contributed by atoms with Crippen LogP contribution in [0.5, 0.6) is 5.75 Å². The van der Waals surface area contributed by atoms with Crippen molar-refractivity contribution in [1.29, 1.82) is 0 Å². The summed E-state index contributed by atoms with van der Waals surface area (Å²) in [7, 11) is 7.72. The van der Waals surface area contributed by atoms with Crippen LogP contribution in [0, 0.1) is 0 Å². The van der Waals surface area contributed by atoms with Gasteiger partial charge in [-0.2, -0.15) is 5.10 Å². The molecule has 10 nitrogen and oxygen atoms in total. The minimum atomic E-state index is 0.378. The highest BCUT2D eigenvalue weighted by molar-refractivity contribution is 6.01. The Hall–Kier alpha value is -3.76. The lowest BCUT2D eigenvalue weighted by atomic mass is 10.1. The van der Waals surface area contributed by atoms with Gasteiger partial charge in [0.25, 0.3) is 0 Å². The molecule has 2 aromatic carbocycles. The van der Waals surface area contributed by atoms with Crippen molar-refractivity contribution in [3.8, 4) is 5.75 Å². The number of nitrogens with zero attached hydrogens (tertiary/aromatic N) is 5. The Bertz CT molecular complexity index is 1240. The molecule has 1 aliphatic heterocycles. The summed E-state index contributed by atoms with van der Waals surface area (Å²) in [4.78, 5) is 9.15. The van der Waals surface area contributed by atoms with Crippen molar-refractivity contribution < 1.29 is 4.74 Å². The number of likely N-dealkylation sites (N-methyl/N-ethyl adjacent to an activating group) is 1. The van der Waals surface area contributed by atoms with E-state index in [-0.39, 0.29) is 0 Å². The Balaban J connectivity index is 1.63. The highest BCUT2D eigenvalue weighted by atomic mass is 16.5. The Labute approximate surface area is 199 Å². The Kier molecular flexibility index (Phi) is 6.62. The third-order valence-electron chi connectivity index (χ3n) is 6.32. The zero-order valence-electron chi connectivity index (χ0n) is 20.1. The number of hydrogen-bond acceptors (Lipinski definition) is 8. The minimum Gasteiger partial charge on any atom is -0.494 e. The number of hydrogen-bond donors (Lipinski definition) is 4. The number of nitrogen functional groups attached to an aromatic ring is 1. The SMILES string of the molecule is COc1cc(N2CCC(N(C)C)C2)c(N)cc1N=C(C=C(N)c1ccc2c(cnn2C)c1)NN. The van der Waals surface area contributed by atoms with Crippen LogP contribution in [-0.4, -0.2) is 60.9 Å². The van der Waals surface area contributed by atoms with Gasteiger partial charge in [-0.25, -0.2) is 10.8 Å². The van der Waals surface area contributed by atoms with Crippen LogP contribution in [0.3, 0.4) is 0 Å². The van der Waals surface area contributed by atoms with Gasteiger partial charge in [-0.3, -0.25) is 4.68 Å². The Morgan fingerprint density at radius 3 is 2.76 bits per heavy atom. The quantitative estimate of drug-likeness (QED) is 0.143. The summed E-state index contributed by atoms with van der Waals surface area (Å²) >= 11 is 0. The Morgan fingerprint density at radius 2 is 2.09 bits per heavy atom. The number of anilines is 2. The van der Waals surface area contributed by atoms with Gasteiger partial charge in [-0.1, -0.05) is 6.07 Å². The molecule has 1 atom stereocenters. The second kappa shape index (κ2) is 9.62. The normalized spacial score (nSPS) is 17.1. The van der Waals surface area contributed by atoms with E-state index in [0.717, 1.165) is 41.7 Å². The average Bonchev–Trinajstić information content (AvgIpc) is 3.46. The first-order chi connectivity index (χ1) is 16.3. The molecule has 0 bridgehead atoms. The molecular formula is C24H33N9O. The highest BCUT2D eigenvalue weighted by Crippen LogP contribution is 2.38. The van der Waals surface area contributed by atoms with Gasteiger partial charge in [0.1, 0.15) is 17.3 Å². The predicted octanol–water partition coefficient (Wildman–Crippen LogP) is 1.80. The van der Waals surface area contributed by atoms with E-state index in [9.17, 15) is 0 Å². The van der Waals surface area contributed by atoms with E-state index in [4.69, 9.17) is 22.0 Å². The highest BCUT2D eigenvalue weighted by Gasteiger charge is 2.26. The van der Waals surface area contributed by atoms with Gasteiger partial charge in [0.2, 0.25) is 0 Å². The predicted molar refractivity (Wildman–Crippen MR) is 139 cm³/mol. The minimum absolute atomic E-state index is 0.378. The fraction of sp³-hybridized carbons (Fsp3) is 0.333. The maximum Gasteiger partial charge on any atom is 0.146 e. The number of rotatable bonds is 6. The summed E-state index contributed by atoms with van der Waals surface area (Å²) in [6.07, 6.45) is 4.58. The summed E-state index contributed by atoms with van der Waals surface area (Å²) in [6.45, 7) is 1.86. The van der Waals surface area contributed by atoms with Crippen molar-refractivity contribution in [3.63, 3.8) is 0 Å². The summed E-state index contributed by atoms with van der Waals surface area (Å²) in [5, 5.41) is 5.27. The molecule has 7 N–H and O–H groups in total. The van der Waals surface area contributed by atoms with Gasteiger partial charge in [0.15, 0.2) is 0 Å². The van der Waals surface area contributed by atoms with Crippen LogP contribution < -0.4 is 32.4 Å². The van der Waals surface area contributed by atoms with Gasteiger partial charge >= 0.3 is 0 Å². The number of aliphatic imine (C=N–C) groups is 1. The van der Waals surface area contributed by atoms with E-state index < -0.39 is 0 Å². The van der Waals surface area contributed by atoms with E-state index >= 15 is 0 Å². The van der Waals surface area contributed by atoms with Crippen molar-refractivity contribution in [2.45, 2.75) is 12.5 Å². The molecule has 1 saturated heterocycles. The number of nitrogens with two attached hydrogens (primary N) is 3. The average molecular weight is 464 g/mol. The molecule has 0 amide bonds. The van der Waals surface area contributed by atoms with E-state index in [0.29, 0.717) is 34.7 Å². The molecule has 34 heavy (non-hydrogen) atoms. The van der Waals surface area contributed by atoms with Crippen LogP contribution in [-0.2, 0) is 7.05 Å². The summed E-state index contributed by atoms with van der Waals surface area (Å²) in [5.41, 5.74) is 19.9. The number of benzene rings is 2. The molecule has 2 heterocycles. The molecule has 0 radical (unpaired) electrons. The van der Waals surface area contributed by atoms with Gasteiger partial charge in [-0.05, 0) is 44.3 Å². The smallest absolute Gasteiger partial charge is 0.146 e. The van der Waals surface area contributed by atoms with E-state index in [1.165, 1.54) is 0 Å². The molecule has 0 saturated carbocycles. The van der Waals surface area contributed by atoms with Crippen LogP contribution in [0.2, 0.25) is 0 Å². The molecule has 10 heteroatoms. The number of nitrogens with one attached hydrogen (secondary N) is 1. The standard InChI is InChI=1S/C24H33N9O/c1-31(2)17-7-8-33(14-17)22-12-23(34-4)20(10-19(22)26)29-24(30-27)11-18(25)15-5-6-21-16(9-15)13-28-32(21)3/h5-6,9-13,17H,7-8,14,25-27H2,1-4H3,(H,29,30). The molecule has 180 valence electrons. The van der Waals surface area contributed by atoms with Crippen molar-refractivity contribution in [2.24, 2.45) is 23.6 Å². The summed E-state index contributed by atoms with van der Waals surface area (Å²) in [6, 6.07) is 10.1. The maximum absolute atomic E-state index is 6.43. The fourth-order valence-electron chi connectivity index (χ4n) is 4.29. The zero-order valence-corrected chi connectivity index (χ0v) is 20.1. The first kappa shape index (κ1) is 23.4. The van der Waals surface area contributed by atoms with Gasteiger partial charge in [-0.15, -0.1) is 0 Å². The third-order valence-corrected chi connectivity index (χ3v) is 6.32. The number of amidine groups is 1. The van der Waals surface area contributed by atoms with Crippen LogP contribution >= 0.6 is 0 Å². The fourth-order valence-corrected chi connectivity index (χ4v) is 4.29. The van der Waals surface area contributed by atoms with Crippen molar-refractivity contribution in [2.75, 3.05) is 44.9 Å². The summed E-state index contributed by atoms with van der Waals surface area (Å²) < 4.78 is 7.45. The van der Waals surface area contributed by atoms with Crippen LogP contribution in [0.1, 0.15) is 12.0 Å². The number of aromatic nitrogens is 2. The third kappa shape index (κ3) is 4.63. The monoisotopic (exact) mass is 463 g/mol. The number of fused-ring (bicyclic) bond motifs is 1. The molecule has 3 aromatic rings. The maximum atomic E-state index is 6.43. The van der Waals surface area contributed by atoms with Crippen LogP contribution in [0.15, 0.2) is 47.6 Å². The largest absolute Gasteiger partial charge is 0.494 e. The van der Waals surface area contributed by atoms with Crippen molar-refractivity contribution in [1.82, 2.24) is 20.1 Å².